The third kappa shape index (κ3) is 52.6. The van der Waals surface area contributed by atoms with E-state index < -0.39 is 20.0 Å². The summed E-state index contributed by atoms with van der Waals surface area (Å²) in [5.41, 5.74) is 0. The lowest BCUT2D eigenvalue weighted by Crippen LogP contribution is -2.47. The number of phosphoric ester groups is 1. The van der Waals surface area contributed by atoms with Crippen molar-refractivity contribution in [3.05, 3.63) is 60.8 Å². The normalized spacial score (nSPS) is 14.2. The molecule has 0 aliphatic rings. The second-order valence-electron chi connectivity index (χ2n) is 21.5. The van der Waals surface area contributed by atoms with Gasteiger partial charge in [0.15, 0.2) is 0 Å². The van der Waals surface area contributed by atoms with E-state index in [2.05, 4.69) is 74.7 Å². The van der Waals surface area contributed by atoms with Gasteiger partial charge in [-0.1, -0.05) is 242 Å². The van der Waals surface area contributed by atoms with Gasteiger partial charge < -0.3 is 19.4 Å². The molecule has 3 atom stereocenters. The quantitative estimate of drug-likeness (QED) is 0.0205. The smallest absolute Gasteiger partial charge is 0.456 e. The first-order valence-corrected chi connectivity index (χ1v) is 31.6. The summed E-state index contributed by atoms with van der Waals surface area (Å²) in [5, 5.41) is 3.04. The summed E-state index contributed by atoms with van der Waals surface area (Å²) in [6.07, 6.45) is 65.0. The van der Waals surface area contributed by atoms with E-state index in [0.29, 0.717) is 17.4 Å². The van der Waals surface area contributed by atoms with E-state index >= 15 is 0 Å². The van der Waals surface area contributed by atoms with E-state index in [-0.39, 0.29) is 31.5 Å². The summed E-state index contributed by atoms with van der Waals surface area (Å²) >= 11 is 0. The number of unbranched alkanes of at least 4 members (excludes halogenated alkanes) is 30. The van der Waals surface area contributed by atoms with Crippen molar-refractivity contribution in [2.24, 2.45) is 0 Å². The summed E-state index contributed by atoms with van der Waals surface area (Å²) in [6.45, 7) is 6.97. The van der Waals surface area contributed by atoms with E-state index in [4.69, 9.17) is 13.8 Å². The molecule has 0 aliphatic heterocycles. The first-order valence-electron chi connectivity index (χ1n) is 30.1. The van der Waals surface area contributed by atoms with Crippen LogP contribution in [0.25, 0.3) is 0 Å². The Balaban J connectivity index is 5.27. The summed E-state index contributed by atoms with van der Waals surface area (Å²) in [6, 6.07) is -0.856. The number of likely N-dealkylation sites (N-methyl/N-ethyl adjacent to an activating group) is 1. The van der Waals surface area contributed by atoms with E-state index in [0.717, 1.165) is 96.3 Å². The summed E-state index contributed by atoms with van der Waals surface area (Å²) in [5.74, 6) is -0.521. The lowest BCUT2D eigenvalue weighted by atomic mass is 10.0. The van der Waals surface area contributed by atoms with Gasteiger partial charge in [-0.3, -0.25) is 18.6 Å². The largest absolute Gasteiger partial charge is 0.472 e. The zero-order valence-electron chi connectivity index (χ0n) is 47.9. The van der Waals surface area contributed by atoms with Crippen molar-refractivity contribution >= 4 is 19.7 Å². The highest BCUT2D eigenvalue weighted by molar-refractivity contribution is 7.47. The second kappa shape index (κ2) is 52.2. The van der Waals surface area contributed by atoms with Crippen LogP contribution < -0.4 is 5.32 Å². The van der Waals surface area contributed by atoms with Crippen LogP contribution in [0.5, 0.6) is 0 Å². The molecule has 10 heteroatoms. The molecule has 0 radical (unpaired) electrons. The highest BCUT2D eigenvalue weighted by Crippen LogP contribution is 2.43. The minimum absolute atomic E-state index is 0.0358. The number of hydrogen-bond acceptors (Lipinski definition) is 6. The Morgan fingerprint density at radius 2 is 0.847 bits per heavy atom. The molecule has 0 aromatic rings. The molecule has 0 aromatic carbocycles. The fraction of sp³-hybridized carbons (Fsp3) is 0.806. The number of nitrogens with zero attached hydrogens (tertiary/aromatic N) is 1. The minimum Gasteiger partial charge on any atom is -0.456 e. The van der Waals surface area contributed by atoms with Crippen LogP contribution in [0.2, 0.25) is 0 Å². The third-order valence-electron chi connectivity index (χ3n) is 13.2. The van der Waals surface area contributed by atoms with Crippen LogP contribution in [-0.4, -0.2) is 74.3 Å². The van der Waals surface area contributed by atoms with E-state index in [1.165, 1.54) is 141 Å². The fourth-order valence-electron chi connectivity index (χ4n) is 8.51. The molecule has 0 saturated carbocycles. The first kappa shape index (κ1) is 69.7. The van der Waals surface area contributed by atoms with Crippen LogP contribution in [0.1, 0.15) is 271 Å². The van der Waals surface area contributed by atoms with Crippen LogP contribution in [0.3, 0.4) is 0 Å². The molecule has 72 heavy (non-hydrogen) atoms. The number of phosphoric acid groups is 1. The van der Waals surface area contributed by atoms with Gasteiger partial charge >= 0.3 is 13.8 Å². The molecule has 420 valence electrons. The molecular weight excluding hydrogens is 916 g/mol. The number of carbonyl (C=O) groups is 2. The van der Waals surface area contributed by atoms with Gasteiger partial charge in [-0.15, -0.1) is 0 Å². The maximum Gasteiger partial charge on any atom is 0.472 e. The Labute approximate surface area is 445 Å². The zero-order chi connectivity index (χ0) is 52.9. The van der Waals surface area contributed by atoms with Gasteiger partial charge in [0.1, 0.15) is 19.3 Å². The Morgan fingerprint density at radius 1 is 0.486 bits per heavy atom. The van der Waals surface area contributed by atoms with Crippen LogP contribution in [0.15, 0.2) is 60.8 Å². The fourth-order valence-corrected chi connectivity index (χ4v) is 9.25. The van der Waals surface area contributed by atoms with Crippen molar-refractivity contribution in [2.75, 3.05) is 40.9 Å². The van der Waals surface area contributed by atoms with Crippen molar-refractivity contribution in [1.82, 2.24) is 5.32 Å². The Morgan fingerprint density at radius 3 is 1.29 bits per heavy atom. The topological polar surface area (TPSA) is 111 Å². The molecule has 0 aromatic heterocycles. The predicted molar refractivity (Wildman–Crippen MR) is 309 cm³/mol. The molecule has 0 heterocycles. The zero-order valence-corrected chi connectivity index (χ0v) is 48.8. The number of hydrogen-bond donors (Lipinski definition) is 2. The van der Waals surface area contributed by atoms with E-state index in [1.807, 2.05) is 33.3 Å². The molecule has 1 amide bonds. The Bertz CT molecular complexity index is 1420. The van der Waals surface area contributed by atoms with Crippen LogP contribution in [0.4, 0.5) is 0 Å². The maximum absolute atomic E-state index is 13.5. The molecule has 9 nitrogen and oxygen atoms in total. The lowest BCUT2D eigenvalue weighted by molar-refractivity contribution is -0.870. The highest BCUT2D eigenvalue weighted by Gasteiger charge is 2.30. The average molecular weight is 1030 g/mol. The van der Waals surface area contributed by atoms with Gasteiger partial charge in [-0.05, 0) is 76.7 Å². The Kier molecular flexibility index (Phi) is 50.5. The van der Waals surface area contributed by atoms with Gasteiger partial charge in [0.05, 0.1) is 33.8 Å². The second-order valence-corrected chi connectivity index (χ2v) is 23.0. The van der Waals surface area contributed by atoms with Gasteiger partial charge in [-0.2, -0.15) is 0 Å². The van der Waals surface area contributed by atoms with Crippen molar-refractivity contribution in [3.8, 4) is 0 Å². The number of ether oxygens (including phenoxy) is 1. The van der Waals surface area contributed by atoms with Crippen LogP contribution in [-0.2, 0) is 27.9 Å². The maximum atomic E-state index is 13.5. The number of carbonyl (C=O) groups excluding carboxylic acids is 2. The van der Waals surface area contributed by atoms with Crippen molar-refractivity contribution in [2.45, 2.75) is 283 Å². The number of amides is 1. The Hall–Kier alpha value is -2.29. The van der Waals surface area contributed by atoms with Crippen molar-refractivity contribution in [3.63, 3.8) is 0 Å². The van der Waals surface area contributed by atoms with Crippen molar-refractivity contribution in [1.29, 1.82) is 0 Å². The molecule has 0 saturated heterocycles. The molecule has 3 unspecified atom stereocenters. The summed E-state index contributed by atoms with van der Waals surface area (Å²) in [4.78, 5) is 37.6. The molecule has 0 fully saturated rings. The van der Waals surface area contributed by atoms with Gasteiger partial charge in [-0.25, -0.2) is 4.57 Å². The molecule has 0 rings (SSSR count). The SMILES string of the molecule is CCCCC/C=C\C/C=C\C/C=C\C/C=C\CCCCCCCC(=O)NC(COP(=O)(O)OCC[N+](C)(C)C)C(/C=C\CCCCCCCCCCC)OC(=O)CCCCCCCCCCCCCCCC. The number of quaternary nitrogens is 1. The van der Waals surface area contributed by atoms with E-state index in [1.54, 1.807) is 0 Å². The highest BCUT2D eigenvalue weighted by atomic mass is 31.2. The number of allylic oxidation sites excluding steroid dienone is 9. The van der Waals surface area contributed by atoms with Crippen LogP contribution >= 0.6 is 7.82 Å². The number of esters is 1. The third-order valence-corrected chi connectivity index (χ3v) is 14.2. The van der Waals surface area contributed by atoms with Crippen molar-refractivity contribution < 1.29 is 37.3 Å². The first-order chi connectivity index (χ1) is 34.9. The molecule has 0 spiro atoms. The van der Waals surface area contributed by atoms with Gasteiger partial charge in [0, 0.05) is 12.8 Å². The standard InChI is InChI=1S/C62H115N2O7P/c1-7-10-13-16-19-22-25-27-29-30-31-32-33-34-35-36-39-42-45-48-51-54-61(65)63-59(58-70-72(67,68)69-57-56-64(4,5)6)60(53-50-47-44-41-38-24-21-18-15-12-9-3)71-62(66)55-52-49-46-43-40-37-28-26-23-20-17-14-11-8-2/h19,22,27,29,31-32,34-35,50,53,59-60H,7-18,20-21,23-26,28,30,33,36-49,51-52,54-58H2,1-6H3,(H-,63,65,67,68)/p+1/b22-19-,29-27-,32-31-,35-34-,53-50-. The molecule has 0 bridgehead atoms. The summed E-state index contributed by atoms with van der Waals surface area (Å²) < 4.78 is 30.6. The monoisotopic (exact) mass is 1030 g/mol. The van der Waals surface area contributed by atoms with Gasteiger partial charge in [0.2, 0.25) is 5.91 Å². The van der Waals surface area contributed by atoms with Crippen LogP contribution in [0, 0.1) is 0 Å². The summed E-state index contributed by atoms with van der Waals surface area (Å²) in [7, 11) is 1.48. The molecule has 2 N–H and O–H groups in total. The minimum atomic E-state index is -4.45. The number of rotatable bonds is 54. The lowest BCUT2D eigenvalue weighted by Gasteiger charge is -2.27. The van der Waals surface area contributed by atoms with Gasteiger partial charge in [0.25, 0.3) is 0 Å². The number of nitrogens with one attached hydrogen (secondary N) is 1. The predicted octanol–water partition coefficient (Wildman–Crippen LogP) is 18.3. The molecular formula is C62H116N2O7P+. The molecule has 0 aliphatic carbocycles. The van der Waals surface area contributed by atoms with E-state index in [9.17, 15) is 19.0 Å². The average Bonchev–Trinajstić information content (AvgIpc) is 3.34.